The van der Waals surface area contributed by atoms with E-state index in [2.05, 4.69) is 26.0 Å². The molecule has 0 fully saturated rings. The van der Waals surface area contributed by atoms with Crippen LogP contribution in [0.4, 0.5) is 0 Å². The highest BCUT2D eigenvalue weighted by Crippen LogP contribution is 2.41. The smallest absolute Gasteiger partial charge is 0.339 e. The van der Waals surface area contributed by atoms with Crippen LogP contribution in [0.2, 0.25) is 0 Å². The Kier molecular flexibility index (Phi) is 5.28. The molecule has 0 aliphatic carbocycles. The van der Waals surface area contributed by atoms with Gasteiger partial charge in [-0.3, -0.25) is 0 Å². The lowest BCUT2D eigenvalue weighted by atomic mass is 9.77. The fourth-order valence-electron chi connectivity index (χ4n) is 3.47. The highest BCUT2D eigenvalue weighted by atomic mass is 16.5. The number of hydrogen-bond donors (Lipinski definition) is 1. The number of benzene rings is 3. The van der Waals surface area contributed by atoms with Crippen LogP contribution >= 0.6 is 0 Å². The Labute approximate surface area is 166 Å². The summed E-state index contributed by atoms with van der Waals surface area (Å²) in [5.41, 5.74) is 2.00. The standard InChI is InChI=1S/C25H26O3/c1-24(2,18-12-7-5-8-13-18)21-17-11-16-20(23(26)27)22(21)28-25(3,4)19-14-9-6-10-15-19/h5-17H,1-4H3,(H,26,27). The zero-order valence-corrected chi connectivity index (χ0v) is 16.8. The quantitative estimate of drug-likeness (QED) is 0.573. The molecule has 3 nitrogen and oxygen atoms in total. The summed E-state index contributed by atoms with van der Waals surface area (Å²) in [7, 11) is 0. The van der Waals surface area contributed by atoms with E-state index in [1.807, 2.05) is 68.4 Å². The number of rotatable bonds is 6. The van der Waals surface area contributed by atoms with E-state index in [0.29, 0.717) is 5.75 Å². The van der Waals surface area contributed by atoms with Gasteiger partial charge in [-0.15, -0.1) is 0 Å². The van der Waals surface area contributed by atoms with Gasteiger partial charge < -0.3 is 9.84 Å². The van der Waals surface area contributed by atoms with Gasteiger partial charge in [0, 0.05) is 11.0 Å². The largest absolute Gasteiger partial charge is 0.482 e. The monoisotopic (exact) mass is 374 g/mol. The third-order valence-electron chi connectivity index (χ3n) is 5.24. The molecular formula is C25H26O3. The molecule has 144 valence electrons. The van der Waals surface area contributed by atoms with Crippen molar-refractivity contribution in [2.24, 2.45) is 0 Å². The van der Waals surface area contributed by atoms with Crippen molar-refractivity contribution in [3.05, 3.63) is 101 Å². The van der Waals surface area contributed by atoms with Crippen molar-refractivity contribution in [3.63, 3.8) is 0 Å². The van der Waals surface area contributed by atoms with Crippen LogP contribution in [-0.2, 0) is 11.0 Å². The molecule has 3 aromatic carbocycles. The van der Waals surface area contributed by atoms with Crippen LogP contribution in [0, 0.1) is 0 Å². The van der Waals surface area contributed by atoms with Crippen molar-refractivity contribution >= 4 is 5.97 Å². The van der Waals surface area contributed by atoms with E-state index in [4.69, 9.17) is 4.74 Å². The van der Waals surface area contributed by atoms with Gasteiger partial charge >= 0.3 is 5.97 Å². The Morgan fingerprint density at radius 3 is 1.82 bits per heavy atom. The Hall–Kier alpha value is -3.07. The highest BCUT2D eigenvalue weighted by molar-refractivity contribution is 5.91. The van der Waals surface area contributed by atoms with Crippen LogP contribution in [0.5, 0.6) is 5.75 Å². The topological polar surface area (TPSA) is 46.5 Å². The Balaban J connectivity index is 2.16. The Morgan fingerprint density at radius 2 is 1.29 bits per heavy atom. The molecule has 0 saturated carbocycles. The van der Waals surface area contributed by atoms with Crippen molar-refractivity contribution in [1.29, 1.82) is 0 Å². The molecule has 0 spiro atoms. The summed E-state index contributed by atoms with van der Waals surface area (Å²) in [5, 5.41) is 9.81. The molecule has 0 aliphatic heterocycles. The van der Waals surface area contributed by atoms with E-state index < -0.39 is 17.0 Å². The minimum absolute atomic E-state index is 0.172. The second kappa shape index (κ2) is 7.51. The number of para-hydroxylation sites is 1. The molecule has 28 heavy (non-hydrogen) atoms. The molecule has 0 unspecified atom stereocenters. The zero-order valence-electron chi connectivity index (χ0n) is 16.8. The lowest BCUT2D eigenvalue weighted by Gasteiger charge is -2.34. The molecule has 0 aromatic heterocycles. The number of aromatic carboxylic acids is 1. The molecule has 3 heteroatoms. The predicted molar refractivity (Wildman–Crippen MR) is 112 cm³/mol. The van der Waals surface area contributed by atoms with E-state index in [9.17, 15) is 9.90 Å². The second-order valence-electron chi connectivity index (χ2n) is 7.96. The van der Waals surface area contributed by atoms with E-state index in [-0.39, 0.29) is 5.56 Å². The average molecular weight is 374 g/mol. The molecule has 0 atom stereocenters. The van der Waals surface area contributed by atoms with Crippen LogP contribution in [0.1, 0.15) is 54.7 Å². The van der Waals surface area contributed by atoms with Gasteiger partial charge in [-0.25, -0.2) is 4.79 Å². The molecule has 0 heterocycles. The minimum atomic E-state index is -0.996. The van der Waals surface area contributed by atoms with Gasteiger partial charge in [0.25, 0.3) is 0 Å². The molecule has 3 aromatic rings. The Bertz CT molecular complexity index is 958. The zero-order chi connectivity index (χ0) is 20.4. The first-order chi connectivity index (χ1) is 13.2. The van der Waals surface area contributed by atoms with Crippen molar-refractivity contribution < 1.29 is 14.6 Å². The molecular weight excluding hydrogens is 348 g/mol. The summed E-state index contributed by atoms with van der Waals surface area (Å²) in [6.07, 6.45) is 0. The van der Waals surface area contributed by atoms with Gasteiger partial charge in [-0.2, -0.15) is 0 Å². The summed E-state index contributed by atoms with van der Waals surface area (Å²) >= 11 is 0. The van der Waals surface area contributed by atoms with Crippen molar-refractivity contribution in [1.82, 2.24) is 0 Å². The lowest BCUT2D eigenvalue weighted by Crippen LogP contribution is -2.29. The first-order valence-electron chi connectivity index (χ1n) is 9.40. The maximum absolute atomic E-state index is 12.0. The summed E-state index contributed by atoms with van der Waals surface area (Å²) < 4.78 is 6.44. The molecule has 0 aliphatic rings. The van der Waals surface area contributed by atoms with Crippen LogP contribution < -0.4 is 4.74 Å². The minimum Gasteiger partial charge on any atom is -0.482 e. The van der Waals surface area contributed by atoms with Gasteiger partial charge in [0.1, 0.15) is 16.9 Å². The summed E-state index contributed by atoms with van der Waals surface area (Å²) in [6.45, 7) is 8.10. The van der Waals surface area contributed by atoms with E-state index in [1.165, 1.54) is 0 Å². The van der Waals surface area contributed by atoms with E-state index in [0.717, 1.165) is 16.7 Å². The van der Waals surface area contributed by atoms with Crippen LogP contribution in [0.15, 0.2) is 78.9 Å². The SMILES string of the molecule is CC(C)(Oc1c(C(=O)O)cccc1C(C)(C)c1ccccc1)c1ccccc1. The molecule has 0 bridgehead atoms. The van der Waals surface area contributed by atoms with Crippen LogP contribution in [0.3, 0.4) is 0 Å². The fraction of sp³-hybridized carbons (Fsp3) is 0.240. The van der Waals surface area contributed by atoms with Gasteiger partial charge in [-0.05, 0) is 31.0 Å². The fourth-order valence-corrected chi connectivity index (χ4v) is 3.47. The maximum atomic E-state index is 12.0. The summed E-state index contributed by atoms with van der Waals surface area (Å²) in [4.78, 5) is 12.0. The number of carboxylic acid groups (broad SMARTS) is 1. The predicted octanol–water partition coefficient (Wildman–Crippen LogP) is 6.02. The number of carbonyl (C=O) groups is 1. The van der Waals surface area contributed by atoms with Gasteiger partial charge in [0.15, 0.2) is 0 Å². The first-order valence-corrected chi connectivity index (χ1v) is 9.40. The molecule has 1 N–H and O–H groups in total. The second-order valence-corrected chi connectivity index (χ2v) is 7.96. The molecule has 0 saturated heterocycles. The summed E-state index contributed by atoms with van der Waals surface area (Å²) in [5.74, 6) is -0.581. The maximum Gasteiger partial charge on any atom is 0.339 e. The van der Waals surface area contributed by atoms with Crippen LogP contribution in [-0.4, -0.2) is 11.1 Å². The first kappa shape index (κ1) is 19.7. The lowest BCUT2D eigenvalue weighted by molar-refractivity contribution is 0.0670. The normalized spacial score (nSPS) is 11.9. The number of ether oxygens (including phenoxy) is 1. The third-order valence-corrected chi connectivity index (χ3v) is 5.24. The summed E-state index contributed by atoms with van der Waals surface area (Å²) in [6, 6.07) is 25.3. The van der Waals surface area contributed by atoms with Crippen molar-refractivity contribution in [2.45, 2.75) is 38.7 Å². The molecule has 0 radical (unpaired) electrons. The van der Waals surface area contributed by atoms with Crippen molar-refractivity contribution in [2.75, 3.05) is 0 Å². The molecule has 3 rings (SSSR count). The third kappa shape index (κ3) is 3.79. The van der Waals surface area contributed by atoms with Crippen molar-refractivity contribution in [3.8, 4) is 5.75 Å². The van der Waals surface area contributed by atoms with Gasteiger partial charge in [0.05, 0.1) is 0 Å². The average Bonchev–Trinajstić information content (AvgIpc) is 2.69. The van der Waals surface area contributed by atoms with E-state index >= 15 is 0 Å². The molecule has 0 amide bonds. The number of carboxylic acids is 1. The van der Waals surface area contributed by atoms with E-state index in [1.54, 1.807) is 12.1 Å². The Morgan fingerprint density at radius 1 is 0.750 bits per heavy atom. The highest BCUT2D eigenvalue weighted by Gasteiger charge is 2.33. The van der Waals surface area contributed by atoms with Gasteiger partial charge in [-0.1, -0.05) is 86.6 Å². The number of hydrogen-bond acceptors (Lipinski definition) is 2. The van der Waals surface area contributed by atoms with Gasteiger partial charge in [0.2, 0.25) is 0 Å². The van der Waals surface area contributed by atoms with Crippen LogP contribution in [0.25, 0.3) is 0 Å².